The minimum atomic E-state index is -0.204. The molecule has 0 aliphatic carbocycles. The molecule has 2 N–H and O–H groups in total. The Morgan fingerprint density at radius 3 is 2.71 bits per heavy atom. The molecule has 2 atom stereocenters. The normalized spacial score (nSPS) is 23.1. The molecular weight excluding hydrogens is 271 g/mol. The number of benzene rings is 1. The Hall–Kier alpha value is -1.01. The van der Waals surface area contributed by atoms with E-state index in [-0.39, 0.29) is 24.9 Å². The van der Waals surface area contributed by atoms with Crippen LogP contribution in [0.3, 0.4) is 0 Å². The molecule has 4 nitrogen and oxygen atoms in total. The molecule has 0 unspecified atom stereocenters. The minimum absolute atomic E-state index is 0.153. The van der Waals surface area contributed by atoms with Crippen LogP contribution in [0.4, 0.5) is 4.39 Å². The Morgan fingerprint density at radius 1 is 1.29 bits per heavy atom. The topological polar surface area (TPSA) is 46.9 Å². The van der Waals surface area contributed by atoms with Gasteiger partial charge in [0.1, 0.15) is 5.82 Å². The molecule has 1 aromatic rings. The van der Waals surface area contributed by atoms with E-state index in [0.29, 0.717) is 19.0 Å². The van der Waals surface area contributed by atoms with Crippen LogP contribution in [-0.2, 0) is 6.54 Å². The van der Waals surface area contributed by atoms with Crippen LogP contribution in [0.1, 0.15) is 5.56 Å². The largest absolute Gasteiger partial charge is 0.396 e. The van der Waals surface area contributed by atoms with Gasteiger partial charge in [-0.05, 0) is 36.6 Å². The lowest BCUT2D eigenvalue weighted by Crippen LogP contribution is -2.32. The first-order valence-corrected chi connectivity index (χ1v) is 7.49. The Morgan fingerprint density at radius 2 is 2.05 bits per heavy atom. The average Bonchev–Trinajstić information content (AvgIpc) is 2.80. The molecule has 1 fully saturated rings. The lowest BCUT2D eigenvalue weighted by Gasteiger charge is -2.23. The second-order valence-corrected chi connectivity index (χ2v) is 6.01. The van der Waals surface area contributed by atoms with Crippen molar-refractivity contribution in [1.29, 1.82) is 0 Å². The Bertz CT molecular complexity index is 444. The molecule has 0 aromatic heterocycles. The predicted octanol–water partition coefficient (Wildman–Crippen LogP) is 0.790. The number of likely N-dealkylation sites (tertiary alicyclic amines) is 1. The van der Waals surface area contributed by atoms with Crippen LogP contribution in [0.25, 0.3) is 0 Å². The van der Waals surface area contributed by atoms with E-state index in [4.69, 9.17) is 5.11 Å². The number of hydrogen-bond donors (Lipinski definition) is 2. The molecule has 118 valence electrons. The van der Waals surface area contributed by atoms with Gasteiger partial charge in [0.25, 0.3) is 0 Å². The standard InChI is InChI=1S/C16H25FN2O2/c1-18(5-6-20)9-14-10-19(11-15(14)12-21)8-13-3-2-4-16(17)7-13/h2-4,7,14-15,20-21H,5-6,8-12H2,1H3/t14-,15-/m1/s1. The molecule has 21 heavy (non-hydrogen) atoms. The highest BCUT2D eigenvalue weighted by Crippen LogP contribution is 2.25. The lowest BCUT2D eigenvalue weighted by molar-refractivity contribution is 0.160. The van der Waals surface area contributed by atoms with E-state index in [2.05, 4.69) is 9.80 Å². The maximum atomic E-state index is 13.2. The first-order chi connectivity index (χ1) is 10.1. The number of rotatable bonds is 7. The molecule has 1 aliphatic heterocycles. The van der Waals surface area contributed by atoms with Crippen molar-refractivity contribution in [2.75, 3.05) is 46.4 Å². The molecule has 0 amide bonds. The summed E-state index contributed by atoms with van der Waals surface area (Å²) in [5.74, 6) is 0.435. The third kappa shape index (κ3) is 4.74. The van der Waals surface area contributed by atoms with Gasteiger partial charge in [0.2, 0.25) is 0 Å². The molecule has 5 heteroatoms. The molecule has 1 aliphatic rings. The monoisotopic (exact) mass is 296 g/mol. The number of aliphatic hydroxyl groups is 2. The zero-order chi connectivity index (χ0) is 15.2. The zero-order valence-corrected chi connectivity index (χ0v) is 12.6. The van der Waals surface area contributed by atoms with Crippen LogP contribution >= 0.6 is 0 Å². The van der Waals surface area contributed by atoms with Crippen molar-refractivity contribution in [3.05, 3.63) is 35.6 Å². The Kier molecular flexibility index (Phi) is 6.11. The van der Waals surface area contributed by atoms with Crippen molar-refractivity contribution in [3.8, 4) is 0 Å². The van der Waals surface area contributed by atoms with Crippen LogP contribution in [0.15, 0.2) is 24.3 Å². The Labute approximate surface area is 125 Å². The van der Waals surface area contributed by atoms with Crippen molar-refractivity contribution in [2.24, 2.45) is 11.8 Å². The van der Waals surface area contributed by atoms with E-state index in [1.54, 1.807) is 12.1 Å². The second-order valence-electron chi connectivity index (χ2n) is 6.01. The first kappa shape index (κ1) is 16.4. The highest BCUT2D eigenvalue weighted by atomic mass is 19.1. The number of likely N-dealkylation sites (N-methyl/N-ethyl adjacent to an activating group) is 1. The lowest BCUT2D eigenvalue weighted by atomic mass is 9.96. The number of aliphatic hydroxyl groups excluding tert-OH is 2. The maximum Gasteiger partial charge on any atom is 0.123 e. The van der Waals surface area contributed by atoms with Crippen LogP contribution in [0, 0.1) is 17.7 Å². The maximum absolute atomic E-state index is 13.2. The fourth-order valence-electron chi connectivity index (χ4n) is 3.13. The summed E-state index contributed by atoms with van der Waals surface area (Å²) in [4.78, 5) is 4.37. The Balaban J connectivity index is 1.91. The van der Waals surface area contributed by atoms with Crippen molar-refractivity contribution in [1.82, 2.24) is 9.80 Å². The molecule has 1 saturated heterocycles. The van der Waals surface area contributed by atoms with Crippen molar-refractivity contribution in [2.45, 2.75) is 6.54 Å². The number of nitrogens with zero attached hydrogens (tertiary/aromatic N) is 2. The van der Waals surface area contributed by atoms with E-state index < -0.39 is 0 Å². The van der Waals surface area contributed by atoms with Crippen molar-refractivity contribution in [3.63, 3.8) is 0 Å². The van der Waals surface area contributed by atoms with Gasteiger partial charge in [-0.15, -0.1) is 0 Å². The van der Waals surface area contributed by atoms with Gasteiger partial charge < -0.3 is 15.1 Å². The number of halogens is 1. The molecule has 0 saturated carbocycles. The molecular formula is C16H25FN2O2. The zero-order valence-electron chi connectivity index (χ0n) is 12.6. The van der Waals surface area contributed by atoms with Crippen molar-refractivity contribution < 1.29 is 14.6 Å². The van der Waals surface area contributed by atoms with Crippen LogP contribution in [0.2, 0.25) is 0 Å². The third-order valence-electron chi connectivity index (χ3n) is 4.21. The molecule has 1 aromatic carbocycles. The van der Waals surface area contributed by atoms with Crippen LogP contribution in [-0.4, -0.2) is 66.5 Å². The van der Waals surface area contributed by atoms with Gasteiger partial charge in [-0.3, -0.25) is 4.90 Å². The van der Waals surface area contributed by atoms with Gasteiger partial charge in [0.05, 0.1) is 6.61 Å². The van der Waals surface area contributed by atoms with E-state index in [9.17, 15) is 9.50 Å². The minimum Gasteiger partial charge on any atom is -0.396 e. The molecule has 0 radical (unpaired) electrons. The quantitative estimate of drug-likeness (QED) is 0.781. The van der Waals surface area contributed by atoms with E-state index in [1.807, 2.05) is 13.1 Å². The molecule has 1 heterocycles. The summed E-state index contributed by atoms with van der Waals surface area (Å²) in [5, 5.41) is 18.5. The second kappa shape index (κ2) is 7.84. The van der Waals surface area contributed by atoms with E-state index in [0.717, 1.165) is 25.2 Å². The first-order valence-electron chi connectivity index (χ1n) is 7.49. The highest BCUT2D eigenvalue weighted by Gasteiger charge is 2.32. The number of hydrogen-bond acceptors (Lipinski definition) is 4. The molecule has 0 spiro atoms. The summed E-state index contributed by atoms with van der Waals surface area (Å²) < 4.78 is 13.2. The predicted molar refractivity (Wildman–Crippen MR) is 80.3 cm³/mol. The van der Waals surface area contributed by atoms with Crippen LogP contribution in [0.5, 0.6) is 0 Å². The van der Waals surface area contributed by atoms with Crippen LogP contribution < -0.4 is 0 Å². The third-order valence-corrected chi connectivity index (χ3v) is 4.21. The summed E-state index contributed by atoms with van der Waals surface area (Å²) in [5.41, 5.74) is 0.969. The summed E-state index contributed by atoms with van der Waals surface area (Å²) in [6.45, 7) is 4.30. The summed E-state index contributed by atoms with van der Waals surface area (Å²) in [6.07, 6.45) is 0. The van der Waals surface area contributed by atoms with Gasteiger partial charge in [0.15, 0.2) is 0 Å². The van der Waals surface area contributed by atoms with E-state index in [1.165, 1.54) is 6.07 Å². The van der Waals surface area contributed by atoms with Gasteiger partial charge in [0, 0.05) is 39.3 Å². The van der Waals surface area contributed by atoms with Gasteiger partial charge in [-0.25, -0.2) is 4.39 Å². The molecule has 0 bridgehead atoms. The highest BCUT2D eigenvalue weighted by molar-refractivity contribution is 5.16. The fourth-order valence-corrected chi connectivity index (χ4v) is 3.13. The van der Waals surface area contributed by atoms with Crippen molar-refractivity contribution >= 4 is 0 Å². The fraction of sp³-hybridized carbons (Fsp3) is 0.625. The van der Waals surface area contributed by atoms with E-state index >= 15 is 0 Å². The summed E-state index contributed by atoms with van der Waals surface area (Å²) >= 11 is 0. The van der Waals surface area contributed by atoms with Gasteiger partial charge in [-0.1, -0.05) is 12.1 Å². The average molecular weight is 296 g/mol. The van der Waals surface area contributed by atoms with Gasteiger partial charge in [-0.2, -0.15) is 0 Å². The molecule has 2 rings (SSSR count). The smallest absolute Gasteiger partial charge is 0.123 e. The van der Waals surface area contributed by atoms with Gasteiger partial charge >= 0.3 is 0 Å². The summed E-state index contributed by atoms with van der Waals surface area (Å²) in [7, 11) is 1.99. The summed E-state index contributed by atoms with van der Waals surface area (Å²) in [6, 6.07) is 6.69. The SMILES string of the molecule is CN(CCO)C[C@@H]1CN(Cc2cccc(F)c2)C[C@@H]1CO.